The van der Waals surface area contributed by atoms with Crippen LogP contribution in [0.4, 0.5) is 5.82 Å². The molecular weight excluding hydrogens is 292 g/mol. The molecule has 0 bridgehead atoms. The molecule has 0 radical (unpaired) electrons. The molecule has 0 spiro atoms. The van der Waals surface area contributed by atoms with Gasteiger partial charge in [0.15, 0.2) is 0 Å². The number of carbonyl (C=O) groups is 1. The second-order valence-corrected chi connectivity index (χ2v) is 7.09. The number of hydrogen-bond acceptors (Lipinski definition) is 5. The summed E-state index contributed by atoms with van der Waals surface area (Å²) in [6, 6.07) is 0.109. The Kier molecular flexibility index (Phi) is 4.80. The third kappa shape index (κ3) is 3.47. The van der Waals surface area contributed by atoms with E-state index in [2.05, 4.69) is 27.1 Å². The fourth-order valence-electron chi connectivity index (χ4n) is 3.78. The number of aromatic nitrogens is 2. The van der Waals surface area contributed by atoms with Crippen molar-refractivity contribution in [3.63, 3.8) is 0 Å². The highest BCUT2D eigenvalue weighted by atomic mass is 16.3. The van der Waals surface area contributed by atoms with Gasteiger partial charge in [0.1, 0.15) is 5.82 Å². The van der Waals surface area contributed by atoms with E-state index in [1.54, 1.807) is 18.6 Å². The van der Waals surface area contributed by atoms with Crippen molar-refractivity contribution in [1.29, 1.82) is 0 Å². The minimum atomic E-state index is -0.157. The van der Waals surface area contributed by atoms with E-state index in [1.165, 1.54) is 0 Å². The average molecular weight is 318 g/mol. The number of nitrogens with zero attached hydrogens (tertiary/aromatic N) is 3. The first-order valence-electron chi connectivity index (χ1n) is 8.54. The Morgan fingerprint density at radius 3 is 2.83 bits per heavy atom. The Balaban J connectivity index is 1.52. The lowest BCUT2D eigenvalue weighted by molar-refractivity contribution is -0.127. The lowest BCUT2D eigenvalue weighted by Gasteiger charge is -2.34. The Morgan fingerprint density at radius 1 is 1.39 bits per heavy atom. The minimum Gasteiger partial charge on any atom is -0.396 e. The van der Waals surface area contributed by atoms with Gasteiger partial charge in [0.25, 0.3) is 0 Å². The molecule has 23 heavy (non-hydrogen) atoms. The zero-order valence-electron chi connectivity index (χ0n) is 13.7. The van der Waals surface area contributed by atoms with Crippen LogP contribution in [0.5, 0.6) is 0 Å². The number of rotatable bonds is 4. The van der Waals surface area contributed by atoms with Gasteiger partial charge < -0.3 is 15.3 Å². The number of anilines is 1. The van der Waals surface area contributed by atoms with Crippen LogP contribution in [0, 0.1) is 11.3 Å². The van der Waals surface area contributed by atoms with Gasteiger partial charge in [-0.1, -0.05) is 13.3 Å². The molecule has 1 saturated carbocycles. The topological polar surface area (TPSA) is 78.4 Å². The zero-order valence-corrected chi connectivity index (χ0v) is 13.7. The van der Waals surface area contributed by atoms with Crippen LogP contribution < -0.4 is 10.2 Å². The SMILES string of the molecule is CC1(CO)CCCC1NC(=O)C1CCN(c2cnccn2)CC1. The molecule has 1 aromatic heterocycles. The van der Waals surface area contributed by atoms with Crippen molar-refractivity contribution >= 4 is 11.7 Å². The summed E-state index contributed by atoms with van der Waals surface area (Å²) in [5.74, 6) is 1.09. The van der Waals surface area contributed by atoms with Crippen LogP contribution in [-0.4, -0.2) is 46.7 Å². The first kappa shape index (κ1) is 16.2. The van der Waals surface area contributed by atoms with Gasteiger partial charge in [-0.05, 0) is 25.7 Å². The molecule has 1 aromatic rings. The van der Waals surface area contributed by atoms with E-state index in [4.69, 9.17) is 0 Å². The first-order valence-corrected chi connectivity index (χ1v) is 8.54. The maximum absolute atomic E-state index is 12.6. The monoisotopic (exact) mass is 318 g/mol. The smallest absolute Gasteiger partial charge is 0.223 e. The molecule has 2 unspecified atom stereocenters. The Labute approximate surface area is 137 Å². The van der Waals surface area contributed by atoms with E-state index in [-0.39, 0.29) is 29.9 Å². The van der Waals surface area contributed by atoms with Gasteiger partial charge in [-0.25, -0.2) is 4.98 Å². The lowest BCUT2D eigenvalue weighted by atomic mass is 9.85. The molecule has 126 valence electrons. The van der Waals surface area contributed by atoms with Crippen LogP contribution in [0.1, 0.15) is 39.0 Å². The minimum absolute atomic E-state index is 0.0615. The van der Waals surface area contributed by atoms with E-state index in [9.17, 15) is 9.90 Å². The van der Waals surface area contributed by atoms with Crippen molar-refractivity contribution in [1.82, 2.24) is 15.3 Å². The Morgan fingerprint density at radius 2 is 2.17 bits per heavy atom. The Hall–Kier alpha value is -1.69. The summed E-state index contributed by atoms with van der Waals surface area (Å²) < 4.78 is 0. The van der Waals surface area contributed by atoms with E-state index in [0.29, 0.717) is 0 Å². The largest absolute Gasteiger partial charge is 0.396 e. The highest BCUT2D eigenvalue weighted by molar-refractivity contribution is 5.79. The summed E-state index contributed by atoms with van der Waals surface area (Å²) in [4.78, 5) is 23.2. The molecule has 1 saturated heterocycles. The summed E-state index contributed by atoms with van der Waals surface area (Å²) in [5.41, 5.74) is -0.157. The van der Waals surface area contributed by atoms with E-state index < -0.39 is 0 Å². The number of carbonyl (C=O) groups excluding carboxylic acids is 1. The van der Waals surface area contributed by atoms with E-state index in [0.717, 1.165) is 51.0 Å². The van der Waals surface area contributed by atoms with Crippen molar-refractivity contribution in [2.75, 3.05) is 24.6 Å². The van der Waals surface area contributed by atoms with Crippen LogP contribution in [0.2, 0.25) is 0 Å². The molecule has 2 aliphatic rings. The highest BCUT2D eigenvalue weighted by Crippen LogP contribution is 2.37. The zero-order chi connectivity index (χ0) is 16.3. The number of hydrogen-bond donors (Lipinski definition) is 2. The van der Waals surface area contributed by atoms with Gasteiger partial charge in [0.05, 0.1) is 12.8 Å². The molecule has 1 aliphatic carbocycles. The number of piperidine rings is 1. The van der Waals surface area contributed by atoms with E-state index in [1.807, 2.05) is 0 Å². The van der Waals surface area contributed by atoms with Crippen molar-refractivity contribution in [2.24, 2.45) is 11.3 Å². The molecule has 6 heteroatoms. The van der Waals surface area contributed by atoms with Crippen molar-refractivity contribution in [2.45, 2.75) is 45.1 Å². The third-order valence-corrected chi connectivity index (χ3v) is 5.50. The number of aliphatic hydroxyl groups is 1. The van der Waals surface area contributed by atoms with Gasteiger partial charge in [-0.15, -0.1) is 0 Å². The van der Waals surface area contributed by atoms with Gasteiger partial charge in [-0.3, -0.25) is 9.78 Å². The van der Waals surface area contributed by atoms with Crippen molar-refractivity contribution in [3.05, 3.63) is 18.6 Å². The quantitative estimate of drug-likeness (QED) is 0.876. The van der Waals surface area contributed by atoms with Crippen molar-refractivity contribution < 1.29 is 9.90 Å². The lowest BCUT2D eigenvalue weighted by Crippen LogP contribution is -2.48. The molecule has 2 atom stereocenters. The maximum atomic E-state index is 12.6. The summed E-state index contributed by atoms with van der Waals surface area (Å²) in [6.45, 7) is 3.88. The molecule has 0 aromatic carbocycles. The fraction of sp³-hybridized carbons (Fsp3) is 0.706. The summed E-state index contributed by atoms with van der Waals surface area (Å²) >= 11 is 0. The summed E-state index contributed by atoms with van der Waals surface area (Å²) in [6.07, 6.45) is 9.85. The molecule has 1 aliphatic heterocycles. The second-order valence-electron chi connectivity index (χ2n) is 7.09. The van der Waals surface area contributed by atoms with Crippen LogP contribution in [0.3, 0.4) is 0 Å². The van der Waals surface area contributed by atoms with Crippen molar-refractivity contribution in [3.8, 4) is 0 Å². The summed E-state index contributed by atoms with van der Waals surface area (Å²) in [7, 11) is 0. The molecule has 2 heterocycles. The molecule has 1 amide bonds. The van der Waals surface area contributed by atoms with Crippen LogP contribution in [-0.2, 0) is 4.79 Å². The van der Waals surface area contributed by atoms with E-state index >= 15 is 0 Å². The normalized spacial score (nSPS) is 28.8. The predicted molar refractivity (Wildman–Crippen MR) is 87.9 cm³/mol. The first-order chi connectivity index (χ1) is 11.1. The van der Waals surface area contributed by atoms with Crippen LogP contribution in [0.15, 0.2) is 18.6 Å². The molecular formula is C17H26N4O2. The van der Waals surface area contributed by atoms with Crippen LogP contribution >= 0.6 is 0 Å². The molecule has 2 N–H and O–H groups in total. The van der Waals surface area contributed by atoms with Gasteiger partial charge >= 0.3 is 0 Å². The summed E-state index contributed by atoms with van der Waals surface area (Å²) in [5, 5.41) is 12.8. The van der Waals surface area contributed by atoms with Gasteiger partial charge in [-0.2, -0.15) is 0 Å². The molecule has 6 nitrogen and oxygen atoms in total. The maximum Gasteiger partial charge on any atom is 0.223 e. The van der Waals surface area contributed by atoms with Gasteiger partial charge in [0.2, 0.25) is 5.91 Å². The molecule has 3 rings (SSSR count). The third-order valence-electron chi connectivity index (χ3n) is 5.50. The standard InChI is InChI=1S/C17H26N4O2/c1-17(12-22)6-2-3-14(17)20-16(23)13-4-9-21(10-5-13)15-11-18-7-8-19-15/h7-8,11,13-14,22H,2-6,9-10,12H2,1H3,(H,20,23). The Bertz CT molecular complexity index is 531. The average Bonchev–Trinajstić information content (AvgIpc) is 2.97. The van der Waals surface area contributed by atoms with Crippen LogP contribution in [0.25, 0.3) is 0 Å². The number of amides is 1. The highest BCUT2D eigenvalue weighted by Gasteiger charge is 2.40. The number of nitrogens with one attached hydrogen (secondary N) is 1. The number of aliphatic hydroxyl groups excluding tert-OH is 1. The van der Waals surface area contributed by atoms with Gasteiger partial charge in [0, 0.05) is 42.9 Å². The second kappa shape index (κ2) is 6.83. The fourth-order valence-corrected chi connectivity index (χ4v) is 3.78. The predicted octanol–water partition coefficient (Wildman–Crippen LogP) is 1.36. The molecule has 2 fully saturated rings.